The van der Waals surface area contributed by atoms with Crippen LogP contribution in [0.25, 0.3) is 11.0 Å². The molecule has 2 aromatic rings. The van der Waals surface area contributed by atoms with Crippen LogP contribution in [-0.4, -0.2) is 21.0 Å². The summed E-state index contributed by atoms with van der Waals surface area (Å²) in [6.07, 6.45) is 0. The summed E-state index contributed by atoms with van der Waals surface area (Å²) in [5.41, 5.74) is 2.73. The molecule has 4 nitrogen and oxygen atoms in total. The van der Waals surface area contributed by atoms with Crippen molar-refractivity contribution in [3.63, 3.8) is 0 Å². The van der Waals surface area contributed by atoms with Crippen molar-refractivity contribution in [2.45, 2.75) is 19.8 Å². The van der Waals surface area contributed by atoms with Crippen molar-refractivity contribution in [3.8, 4) is 0 Å². The Bertz CT molecular complexity index is 552. The predicted octanol–water partition coefficient (Wildman–Crippen LogP) is 2.13. The van der Waals surface area contributed by atoms with Gasteiger partial charge < -0.3 is 5.11 Å². The molecule has 4 heteroatoms. The Kier molecular flexibility index (Phi) is 2.56. The summed E-state index contributed by atoms with van der Waals surface area (Å²) in [6, 6.07) is 7.45. The van der Waals surface area contributed by atoms with E-state index in [9.17, 15) is 4.79 Å². The van der Waals surface area contributed by atoms with Crippen molar-refractivity contribution in [2.24, 2.45) is 0 Å². The monoisotopic (exact) mass is 216 g/mol. The lowest BCUT2D eigenvalue weighted by Crippen LogP contribution is -2.12. The van der Waals surface area contributed by atoms with E-state index in [4.69, 9.17) is 5.11 Å². The molecule has 1 aromatic carbocycles. The van der Waals surface area contributed by atoms with Gasteiger partial charge in [0.1, 0.15) is 0 Å². The molecular formula is C12H12N2O2. The zero-order valence-electron chi connectivity index (χ0n) is 9.14. The van der Waals surface area contributed by atoms with Crippen LogP contribution in [0.15, 0.2) is 24.3 Å². The second-order valence-electron chi connectivity index (χ2n) is 3.74. The van der Waals surface area contributed by atoms with Crippen molar-refractivity contribution < 1.29 is 9.90 Å². The Labute approximate surface area is 93.0 Å². The Morgan fingerprint density at radius 2 is 1.81 bits per heavy atom. The number of rotatable bonds is 2. The molecule has 1 heterocycles. The maximum Gasteiger partial charge on any atom is 0.312 e. The molecule has 0 saturated heterocycles. The van der Waals surface area contributed by atoms with Gasteiger partial charge in [0.15, 0.2) is 0 Å². The highest BCUT2D eigenvalue weighted by Gasteiger charge is 2.18. The van der Waals surface area contributed by atoms with Crippen LogP contribution in [-0.2, 0) is 4.79 Å². The number of carbonyl (C=O) groups is 1. The zero-order chi connectivity index (χ0) is 11.7. The second-order valence-corrected chi connectivity index (χ2v) is 3.74. The molecule has 2 rings (SSSR count). The van der Waals surface area contributed by atoms with Gasteiger partial charge in [0.05, 0.1) is 28.3 Å². The van der Waals surface area contributed by atoms with Gasteiger partial charge in [-0.15, -0.1) is 0 Å². The normalized spacial score (nSPS) is 12.6. The van der Waals surface area contributed by atoms with E-state index in [2.05, 4.69) is 9.97 Å². The Morgan fingerprint density at radius 1 is 1.25 bits per heavy atom. The minimum atomic E-state index is -0.882. The third-order valence-electron chi connectivity index (χ3n) is 2.56. The molecule has 1 aromatic heterocycles. The number of fused-ring (bicyclic) bond motifs is 1. The average Bonchev–Trinajstić information content (AvgIpc) is 2.27. The van der Waals surface area contributed by atoms with Gasteiger partial charge in [0.25, 0.3) is 0 Å². The number of para-hydroxylation sites is 2. The molecule has 1 N–H and O–H groups in total. The van der Waals surface area contributed by atoms with E-state index in [1.54, 1.807) is 13.8 Å². The standard InChI is InChI=1S/C12H12N2O2/c1-7(12(15)16)11-8(2)13-9-5-3-4-6-10(9)14-11/h3-7H,1-2H3,(H,15,16). The molecule has 0 aliphatic rings. The Morgan fingerprint density at radius 3 is 2.38 bits per heavy atom. The smallest absolute Gasteiger partial charge is 0.312 e. The zero-order valence-corrected chi connectivity index (χ0v) is 9.14. The molecule has 0 aliphatic heterocycles. The predicted molar refractivity (Wildman–Crippen MR) is 60.3 cm³/mol. The number of hydrogen-bond acceptors (Lipinski definition) is 3. The van der Waals surface area contributed by atoms with Gasteiger partial charge in [-0.1, -0.05) is 12.1 Å². The molecule has 0 aliphatic carbocycles. The van der Waals surface area contributed by atoms with Crippen LogP contribution in [0.3, 0.4) is 0 Å². The molecular weight excluding hydrogens is 204 g/mol. The summed E-state index contributed by atoms with van der Waals surface area (Å²) in [5.74, 6) is -1.51. The lowest BCUT2D eigenvalue weighted by molar-refractivity contribution is -0.138. The SMILES string of the molecule is Cc1nc2ccccc2nc1C(C)C(=O)O. The number of aryl methyl sites for hydroxylation is 1. The quantitative estimate of drug-likeness (QED) is 0.835. The summed E-state index contributed by atoms with van der Waals surface area (Å²) in [6.45, 7) is 3.41. The number of aromatic nitrogens is 2. The highest BCUT2D eigenvalue weighted by atomic mass is 16.4. The Balaban J connectivity index is 2.62. The largest absolute Gasteiger partial charge is 0.481 e. The first-order chi connectivity index (χ1) is 7.59. The fourth-order valence-corrected chi connectivity index (χ4v) is 1.63. The van der Waals surface area contributed by atoms with E-state index in [1.165, 1.54) is 0 Å². The maximum absolute atomic E-state index is 10.9. The lowest BCUT2D eigenvalue weighted by atomic mass is 10.1. The molecule has 0 fully saturated rings. The van der Waals surface area contributed by atoms with Crippen LogP contribution >= 0.6 is 0 Å². The van der Waals surface area contributed by atoms with Crippen LogP contribution in [0.5, 0.6) is 0 Å². The van der Waals surface area contributed by atoms with Crippen molar-refractivity contribution in [2.75, 3.05) is 0 Å². The fraction of sp³-hybridized carbons (Fsp3) is 0.250. The second kappa shape index (κ2) is 3.89. The van der Waals surface area contributed by atoms with E-state index in [0.29, 0.717) is 11.4 Å². The van der Waals surface area contributed by atoms with Gasteiger partial charge in [0, 0.05) is 0 Å². The summed E-state index contributed by atoms with van der Waals surface area (Å²) >= 11 is 0. The highest BCUT2D eigenvalue weighted by molar-refractivity contribution is 5.78. The number of benzene rings is 1. The minimum absolute atomic E-state index is 0.534. The van der Waals surface area contributed by atoms with Crippen LogP contribution in [0.2, 0.25) is 0 Å². The molecule has 0 bridgehead atoms. The molecule has 16 heavy (non-hydrogen) atoms. The lowest BCUT2D eigenvalue weighted by Gasteiger charge is -2.09. The van der Waals surface area contributed by atoms with Crippen molar-refractivity contribution in [1.29, 1.82) is 0 Å². The van der Waals surface area contributed by atoms with E-state index in [0.717, 1.165) is 11.0 Å². The highest BCUT2D eigenvalue weighted by Crippen LogP contribution is 2.19. The van der Waals surface area contributed by atoms with Crippen molar-refractivity contribution >= 4 is 17.0 Å². The van der Waals surface area contributed by atoms with Gasteiger partial charge in [-0.2, -0.15) is 0 Å². The number of hydrogen-bond donors (Lipinski definition) is 1. The molecule has 0 spiro atoms. The molecule has 1 atom stereocenters. The third kappa shape index (κ3) is 1.74. The van der Waals surface area contributed by atoms with E-state index < -0.39 is 11.9 Å². The number of nitrogens with zero attached hydrogens (tertiary/aromatic N) is 2. The summed E-state index contributed by atoms with van der Waals surface area (Å²) in [7, 11) is 0. The van der Waals surface area contributed by atoms with E-state index in [-0.39, 0.29) is 0 Å². The molecule has 0 radical (unpaired) electrons. The maximum atomic E-state index is 10.9. The van der Waals surface area contributed by atoms with Gasteiger partial charge in [-0.25, -0.2) is 9.97 Å². The van der Waals surface area contributed by atoms with E-state index in [1.807, 2.05) is 24.3 Å². The fourth-order valence-electron chi connectivity index (χ4n) is 1.63. The van der Waals surface area contributed by atoms with Crippen molar-refractivity contribution in [1.82, 2.24) is 9.97 Å². The summed E-state index contributed by atoms with van der Waals surface area (Å²) in [4.78, 5) is 19.6. The average molecular weight is 216 g/mol. The van der Waals surface area contributed by atoms with E-state index >= 15 is 0 Å². The van der Waals surface area contributed by atoms with Crippen LogP contribution in [0.4, 0.5) is 0 Å². The number of aliphatic carboxylic acids is 1. The molecule has 0 saturated carbocycles. The van der Waals surface area contributed by atoms with Crippen LogP contribution in [0.1, 0.15) is 24.2 Å². The van der Waals surface area contributed by atoms with Gasteiger partial charge in [-0.05, 0) is 26.0 Å². The Hall–Kier alpha value is -1.97. The first-order valence-electron chi connectivity index (χ1n) is 5.05. The number of carboxylic acid groups (broad SMARTS) is 1. The van der Waals surface area contributed by atoms with Gasteiger partial charge in [-0.3, -0.25) is 4.79 Å². The van der Waals surface area contributed by atoms with Crippen LogP contribution in [0, 0.1) is 6.92 Å². The third-order valence-corrected chi connectivity index (χ3v) is 2.56. The molecule has 82 valence electrons. The van der Waals surface area contributed by atoms with Crippen LogP contribution < -0.4 is 0 Å². The topological polar surface area (TPSA) is 63.1 Å². The summed E-state index contributed by atoms with van der Waals surface area (Å²) < 4.78 is 0. The first-order valence-corrected chi connectivity index (χ1v) is 5.05. The first kappa shape index (κ1) is 10.5. The molecule has 1 unspecified atom stereocenters. The van der Waals surface area contributed by atoms with Gasteiger partial charge in [0.2, 0.25) is 0 Å². The van der Waals surface area contributed by atoms with Gasteiger partial charge >= 0.3 is 5.97 Å². The van der Waals surface area contributed by atoms with Crippen molar-refractivity contribution in [3.05, 3.63) is 35.7 Å². The number of carboxylic acids is 1. The summed E-state index contributed by atoms with van der Waals surface area (Å²) in [5, 5.41) is 8.96. The molecule has 0 amide bonds. The minimum Gasteiger partial charge on any atom is -0.481 e.